The third kappa shape index (κ3) is 2.43. The van der Waals surface area contributed by atoms with Crippen LogP contribution in [0.5, 0.6) is 0 Å². The molecule has 0 radical (unpaired) electrons. The van der Waals surface area contributed by atoms with Crippen molar-refractivity contribution in [2.75, 3.05) is 0 Å². The number of hydroxylamine groups is 1. The minimum atomic E-state index is -1.28. The maximum absolute atomic E-state index is 10.0. The van der Waals surface area contributed by atoms with E-state index in [1.807, 2.05) is 0 Å². The summed E-state index contributed by atoms with van der Waals surface area (Å²) in [7, 11) is 0. The van der Waals surface area contributed by atoms with Crippen LogP contribution in [0.2, 0.25) is 0 Å². The van der Waals surface area contributed by atoms with Crippen molar-refractivity contribution in [3.05, 3.63) is 0 Å². The molecule has 0 saturated carbocycles. The summed E-state index contributed by atoms with van der Waals surface area (Å²) in [5.74, 6) is -1.45. The molecule has 1 atom stereocenters. The first-order valence-electron chi connectivity index (χ1n) is 2.70. The second-order valence-corrected chi connectivity index (χ2v) is 2.17. The summed E-state index contributed by atoms with van der Waals surface area (Å²) in [5.41, 5.74) is 1.64. The Morgan fingerprint density at radius 1 is 1.67 bits per heavy atom. The molecule has 0 aliphatic carbocycles. The minimum Gasteiger partial charge on any atom is -0.548 e. The first kappa shape index (κ1) is 8.39. The Morgan fingerprint density at radius 3 is 2.11 bits per heavy atom. The van der Waals surface area contributed by atoms with Gasteiger partial charge in [-0.15, -0.1) is 0 Å². The van der Waals surface area contributed by atoms with E-state index in [1.165, 1.54) is 0 Å². The SMILES string of the molecule is CC(C)[C@H](NO)C(=O)[O-]. The van der Waals surface area contributed by atoms with Crippen LogP contribution in [0.4, 0.5) is 0 Å². The number of hydrogen-bond acceptors (Lipinski definition) is 4. The van der Waals surface area contributed by atoms with E-state index >= 15 is 0 Å². The standard InChI is InChI=1S/C5H11NO3/c1-3(2)4(6-9)5(7)8/h3-4,6,9H,1-2H3,(H,7,8)/p-1/t4-/m0/s1. The molecule has 0 aliphatic heterocycles. The van der Waals surface area contributed by atoms with Gasteiger partial charge in [-0.05, 0) is 5.92 Å². The number of carboxylic acid groups (broad SMARTS) is 1. The Morgan fingerprint density at radius 2 is 2.11 bits per heavy atom. The van der Waals surface area contributed by atoms with Crippen LogP contribution in [0.3, 0.4) is 0 Å². The maximum atomic E-state index is 10.0. The van der Waals surface area contributed by atoms with E-state index in [2.05, 4.69) is 0 Å². The molecule has 4 nitrogen and oxygen atoms in total. The summed E-state index contributed by atoms with van der Waals surface area (Å²) < 4.78 is 0. The lowest BCUT2D eigenvalue weighted by atomic mass is 10.1. The van der Waals surface area contributed by atoms with Gasteiger partial charge in [0.2, 0.25) is 0 Å². The Hall–Kier alpha value is -0.610. The summed E-state index contributed by atoms with van der Waals surface area (Å²) in [6, 6.07) is -0.968. The van der Waals surface area contributed by atoms with Crippen molar-refractivity contribution in [1.82, 2.24) is 5.48 Å². The minimum absolute atomic E-state index is 0.167. The maximum Gasteiger partial charge on any atom is 0.0737 e. The highest BCUT2D eigenvalue weighted by atomic mass is 16.5. The highest BCUT2D eigenvalue weighted by Crippen LogP contribution is 1.97. The summed E-state index contributed by atoms with van der Waals surface area (Å²) in [6.07, 6.45) is 0. The highest BCUT2D eigenvalue weighted by Gasteiger charge is 2.11. The molecule has 0 fully saturated rings. The van der Waals surface area contributed by atoms with E-state index in [4.69, 9.17) is 5.21 Å². The van der Waals surface area contributed by atoms with Gasteiger partial charge in [-0.3, -0.25) is 0 Å². The van der Waals surface area contributed by atoms with E-state index in [0.29, 0.717) is 0 Å². The van der Waals surface area contributed by atoms with Gasteiger partial charge in [-0.2, -0.15) is 5.48 Å². The zero-order valence-electron chi connectivity index (χ0n) is 5.42. The molecular weight excluding hydrogens is 122 g/mol. The second-order valence-electron chi connectivity index (χ2n) is 2.17. The van der Waals surface area contributed by atoms with Crippen LogP contribution in [-0.2, 0) is 4.79 Å². The summed E-state index contributed by atoms with van der Waals surface area (Å²) >= 11 is 0. The largest absolute Gasteiger partial charge is 0.548 e. The van der Waals surface area contributed by atoms with Crippen LogP contribution in [0.15, 0.2) is 0 Å². The third-order valence-corrected chi connectivity index (χ3v) is 1.06. The van der Waals surface area contributed by atoms with E-state index in [0.717, 1.165) is 0 Å². The van der Waals surface area contributed by atoms with Crippen LogP contribution in [0, 0.1) is 5.92 Å². The number of carboxylic acids is 1. The Labute approximate surface area is 53.5 Å². The van der Waals surface area contributed by atoms with Crippen molar-refractivity contribution in [2.45, 2.75) is 19.9 Å². The van der Waals surface area contributed by atoms with E-state index in [9.17, 15) is 9.90 Å². The van der Waals surface area contributed by atoms with Gasteiger partial charge in [0.25, 0.3) is 0 Å². The van der Waals surface area contributed by atoms with Gasteiger partial charge in [-0.25, -0.2) is 0 Å². The first-order chi connectivity index (χ1) is 4.09. The predicted molar refractivity (Wildman–Crippen MR) is 28.6 cm³/mol. The lowest BCUT2D eigenvalue weighted by Crippen LogP contribution is -2.47. The number of carbonyl (C=O) groups excluding carboxylic acids is 1. The summed E-state index contributed by atoms with van der Waals surface area (Å²) in [4.78, 5) is 10.0. The quantitative estimate of drug-likeness (QED) is 0.470. The molecule has 2 N–H and O–H groups in total. The second kappa shape index (κ2) is 3.42. The molecule has 0 saturated heterocycles. The van der Waals surface area contributed by atoms with E-state index < -0.39 is 12.0 Å². The Bertz CT molecular complexity index is 102. The fraction of sp³-hybridized carbons (Fsp3) is 0.800. The van der Waals surface area contributed by atoms with E-state index in [1.54, 1.807) is 19.3 Å². The molecule has 4 heteroatoms. The van der Waals surface area contributed by atoms with Crippen molar-refractivity contribution >= 4 is 5.97 Å². The monoisotopic (exact) mass is 132 g/mol. The molecule has 0 aromatic carbocycles. The van der Waals surface area contributed by atoms with Crippen molar-refractivity contribution in [1.29, 1.82) is 0 Å². The molecule has 54 valence electrons. The van der Waals surface area contributed by atoms with Crippen molar-refractivity contribution in [3.8, 4) is 0 Å². The van der Waals surface area contributed by atoms with Crippen molar-refractivity contribution < 1.29 is 15.1 Å². The molecule has 0 amide bonds. The molecular formula is C5H10NO3-. The molecule has 0 rings (SSSR count). The van der Waals surface area contributed by atoms with Gasteiger partial charge in [0.15, 0.2) is 0 Å². The fourth-order valence-corrected chi connectivity index (χ4v) is 0.474. The smallest absolute Gasteiger partial charge is 0.0737 e. The number of hydrogen-bond donors (Lipinski definition) is 2. The van der Waals surface area contributed by atoms with Crippen LogP contribution in [-0.4, -0.2) is 17.2 Å². The van der Waals surface area contributed by atoms with Gasteiger partial charge in [0, 0.05) is 0 Å². The number of carbonyl (C=O) groups is 1. The van der Waals surface area contributed by atoms with Gasteiger partial charge >= 0.3 is 0 Å². The Balaban J connectivity index is 3.83. The molecule has 0 aromatic rings. The lowest BCUT2D eigenvalue weighted by Gasteiger charge is -2.18. The molecule has 0 aliphatic rings. The average Bonchev–Trinajstić information content (AvgIpc) is 1.64. The zero-order valence-corrected chi connectivity index (χ0v) is 5.42. The van der Waals surface area contributed by atoms with E-state index in [-0.39, 0.29) is 5.92 Å². The summed E-state index contributed by atoms with van der Waals surface area (Å²) in [5, 5.41) is 18.2. The number of rotatable bonds is 3. The van der Waals surface area contributed by atoms with Gasteiger partial charge in [-0.1, -0.05) is 13.8 Å². The number of aliphatic carboxylic acids is 1. The molecule has 9 heavy (non-hydrogen) atoms. The zero-order chi connectivity index (χ0) is 7.44. The topological polar surface area (TPSA) is 72.4 Å². The lowest BCUT2D eigenvalue weighted by molar-refractivity contribution is -0.311. The molecule has 0 heterocycles. The third-order valence-electron chi connectivity index (χ3n) is 1.06. The van der Waals surface area contributed by atoms with Gasteiger partial charge in [0.05, 0.1) is 12.0 Å². The highest BCUT2D eigenvalue weighted by molar-refractivity contribution is 5.71. The first-order valence-corrected chi connectivity index (χ1v) is 2.70. The Kier molecular flexibility index (Phi) is 3.19. The van der Waals surface area contributed by atoms with Crippen LogP contribution < -0.4 is 10.6 Å². The van der Waals surface area contributed by atoms with Crippen molar-refractivity contribution in [3.63, 3.8) is 0 Å². The molecule has 0 unspecified atom stereocenters. The van der Waals surface area contributed by atoms with Crippen LogP contribution in [0.25, 0.3) is 0 Å². The van der Waals surface area contributed by atoms with Crippen molar-refractivity contribution in [2.24, 2.45) is 5.92 Å². The fourth-order valence-electron chi connectivity index (χ4n) is 0.474. The number of nitrogens with one attached hydrogen (secondary N) is 1. The molecule has 0 bridgehead atoms. The van der Waals surface area contributed by atoms with Crippen LogP contribution in [0.1, 0.15) is 13.8 Å². The molecule has 0 aromatic heterocycles. The molecule has 0 spiro atoms. The van der Waals surface area contributed by atoms with Crippen LogP contribution >= 0.6 is 0 Å². The summed E-state index contributed by atoms with van der Waals surface area (Å²) in [6.45, 7) is 3.34. The predicted octanol–water partition coefficient (Wildman–Crippen LogP) is -1.26. The average molecular weight is 132 g/mol. The normalized spacial score (nSPS) is 13.8. The van der Waals surface area contributed by atoms with Gasteiger partial charge < -0.3 is 15.1 Å². The van der Waals surface area contributed by atoms with Gasteiger partial charge in [0.1, 0.15) is 0 Å².